The van der Waals surface area contributed by atoms with Gasteiger partial charge in [-0.3, -0.25) is 5.43 Å². The van der Waals surface area contributed by atoms with Crippen LogP contribution in [0.1, 0.15) is 17.0 Å². The van der Waals surface area contributed by atoms with Crippen LogP contribution in [-0.2, 0) is 0 Å². The van der Waals surface area contributed by atoms with Gasteiger partial charge >= 0.3 is 0 Å². The van der Waals surface area contributed by atoms with Crippen molar-refractivity contribution in [2.45, 2.75) is 5.92 Å². The molecule has 3 aromatic rings. The average Bonchev–Trinajstić information content (AvgIpc) is 2.68. The van der Waals surface area contributed by atoms with Crippen molar-refractivity contribution >= 4 is 23.0 Å². The van der Waals surface area contributed by atoms with Crippen molar-refractivity contribution in [3.05, 3.63) is 82.9 Å². The van der Waals surface area contributed by atoms with Gasteiger partial charge in [0.2, 0.25) is 0 Å². The van der Waals surface area contributed by atoms with Crippen molar-refractivity contribution in [2.24, 2.45) is 5.10 Å². The molecule has 1 atom stereocenters. The molecule has 0 amide bonds. The Morgan fingerprint density at radius 2 is 1.63 bits per heavy atom. The van der Waals surface area contributed by atoms with E-state index in [1.165, 1.54) is 0 Å². The molecule has 0 spiro atoms. The number of fused-ring (bicyclic) bond motifs is 1. The molecule has 0 aromatic heterocycles. The van der Waals surface area contributed by atoms with E-state index < -0.39 is 0 Å². The second kappa shape index (κ2) is 7.21. The molecule has 4 rings (SSSR count). The Kier molecular flexibility index (Phi) is 4.60. The highest BCUT2D eigenvalue weighted by atomic mass is 35.5. The third-order valence-electron chi connectivity index (χ3n) is 4.42. The highest BCUT2D eigenvalue weighted by Gasteiger charge is 2.29. The van der Waals surface area contributed by atoms with Crippen molar-refractivity contribution in [3.63, 3.8) is 0 Å². The quantitative estimate of drug-likeness (QED) is 0.573. The first-order chi connectivity index (χ1) is 13.1. The number of hydrazone groups is 1. The van der Waals surface area contributed by atoms with Crippen LogP contribution in [-0.4, -0.2) is 22.5 Å². The zero-order valence-electron chi connectivity index (χ0n) is 14.3. The molecule has 27 heavy (non-hydrogen) atoms. The fourth-order valence-electron chi connectivity index (χ4n) is 3.03. The first kappa shape index (κ1) is 17.2. The molecular formula is C21H17ClN2O3. The van der Waals surface area contributed by atoms with Gasteiger partial charge in [-0.15, -0.1) is 0 Å². The van der Waals surface area contributed by atoms with Crippen LogP contribution in [0.4, 0.5) is 5.69 Å². The summed E-state index contributed by atoms with van der Waals surface area (Å²) < 4.78 is 5.85. The number of ether oxygens (including phenoxy) is 1. The number of phenols is 2. The van der Waals surface area contributed by atoms with E-state index in [2.05, 4.69) is 10.5 Å². The Hall–Kier alpha value is -3.18. The topological polar surface area (TPSA) is 74.1 Å². The molecule has 0 bridgehead atoms. The highest BCUT2D eigenvalue weighted by molar-refractivity contribution is 6.30. The molecule has 0 aliphatic carbocycles. The minimum Gasteiger partial charge on any atom is -0.508 e. The molecule has 1 aliphatic rings. The van der Waals surface area contributed by atoms with Crippen LogP contribution in [0.25, 0.3) is 0 Å². The van der Waals surface area contributed by atoms with Gasteiger partial charge in [-0.25, -0.2) is 0 Å². The van der Waals surface area contributed by atoms with Gasteiger partial charge < -0.3 is 14.9 Å². The maximum Gasteiger partial charge on any atom is 0.132 e. The molecule has 1 aliphatic heterocycles. The van der Waals surface area contributed by atoms with E-state index in [9.17, 15) is 10.2 Å². The highest BCUT2D eigenvalue weighted by Crippen LogP contribution is 2.35. The van der Waals surface area contributed by atoms with Crippen molar-refractivity contribution in [1.82, 2.24) is 0 Å². The second-order valence-corrected chi connectivity index (χ2v) is 6.69. The minimum absolute atomic E-state index is 0.123. The van der Waals surface area contributed by atoms with Crippen LogP contribution < -0.4 is 10.2 Å². The summed E-state index contributed by atoms with van der Waals surface area (Å²) in [5.41, 5.74) is 6.45. The summed E-state index contributed by atoms with van der Waals surface area (Å²) in [5, 5.41) is 24.6. The normalized spacial score (nSPS) is 17.2. The van der Waals surface area contributed by atoms with Crippen molar-refractivity contribution in [3.8, 4) is 17.2 Å². The summed E-state index contributed by atoms with van der Waals surface area (Å²) in [6, 6.07) is 19.3. The number of anilines is 1. The Morgan fingerprint density at radius 1 is 0.926 bits per heavy atom. The number of nitrogens with zero attached hydrogens (tertiary/aromatic N) is 1. The molecular weight excluding hydrogens is 364 g/mol. The van der Waals surface area contributed by atoms with Crippen LogP contribution in [0.5, 0.6) is 17.2 Å². The molecule has 5 nitrogen and oxygen atoms in total. The third kappa shape index (κ3) is 3.68. The van der Waals surface area contributed by atoms with Crippen LogP contribution >= 0.6 is 11.6 Å². The summed E-state index contributed by atoms with van der Waals surface area (Å²) in [4.78, 5) is 0. The molecule has 0 radical (unpaired) electrons. The molecule has 3 aromatic carbocycles. The minimum atomic E-state index is -0.123. The second-order valence-electron chi connectivity index (χ2n) is 6.25. The van der Waals surface area contributed by atoms with E-state index in [1.807, 2.05) is 24.3 Å². The number of nitrogens with one attached hydrogen (secondary N) is 1. The zero-order chi connectivity index (χ0) is 18.8. The van der Waals surface area contributed by atoms with E-state index in [0.717, 1.165) is 22.5 Å². The first-order valence-electron chi connectivity index (χ1n) is 8.44. The lowest BCUT2D eigenvalue weighted by molar-refractivity contribution is 0.300. The van der Waals surface area contributed by atoms with E-state index >= 15 is 0 Å². The third-order valence-corrected chi connectivity index (χ3v) is 4.67. The first-order valence-corrected chi connectivity index (χ1v) is 8.82. The van der Waals surface area contributed by atoms with Crippen molar-refractivity contribution in [1.29, 1.82) is 0 Å². The number of hydrogen-bond donors (Lipinski definition) is 3. The monoisotopic (exact) mass is 380 g/mol. The zero-order valence-corrected chi connectivity index (χ0v) is 15.0. The average molecular weight is 381 g/mol. The lowest BCUT2D eigenvalue weighted by atomic mass is 9.88. The molecule has 0 saturated heterocycles. The summed E-state index contributed by atoms with van der Waals surface area (Å²) in [7, 11) is 0. The van der Waals surface area contributed by atoms with Crippen LogP contribution in [0.3, 0.4) is 0 Å². The standard InChI is InChI=1S/C21H17ClN2O3/c22-14-3-5-15(6-4-14)23-24-21-18-10-9-17(26)11-20(18)27-12-19(21)13-1-7-16(25)8-2-13/h1-11,19,23,25-26H,12H2/b24-21+. The summed E-state index contributed by atoms with van der Waals surface area (Å²) >= 11 is 5.93. The van der Waals surface area contributed by atoms with E-state index in [4.69, 9.17) is 16.3 Å². The SMILES string of the molecule is Oc1ccc(C2COc3cc(O)ccc3/C2=N\Nc2ccc(Cl)cc2)cc1. The van der Waals surface area contributed by atoms with E-state index in [-0.39, 0.29) is 17.4 Å². The summed E-state index contributed by atoms with van der Waals surface area (Å²) in [6.45, 7) is 0.377. The molecule has 0 saturated carbocycles. The summed E-state index contributed by atoms with van der Waals surface area (Å²) in [5.74, 6) is 0.810. The Labute approximate surface area is 161 Å². The fourth-order valence-corrected chi connectivity index (χ4v) is 3.16. The van der Waals surface area contributed by atoms with Gasteiger partial charge in [0.25, 0.3) is 0 Å². The molecule has 1 heterocycles. The van der Waals surface area contributed by atoms with Crippen LogP contribution in [0, 0.1) is 0 Å². The number of rotatable bonds is 3. The maximum absolute atomic E-state index is 9.75. The molecule has 1 unspecified atom stereocenters. The largest absolute Gasteiger partial charge is 0.508 e. The van der Waals surface area contributed by atoms with E-state index in [0.29, 0.717) is 17.4 Å². The number of aromatic hydroxyl groups is 2. The number of halogens is 1. The Bertz CT molecular complexity index is 985. The smallest absolute Gasteiger partial charge is 0.132 e. The Balaban J connectivity index is 1.74. The fraction of sp³-hybridized carbons (Fsp3) is 0.0952. The van der Waals surface area contributed by atoms with Gasteiger partial charge in [-0.2, -0.15) is 5.10 Å². The lowest BCUT2D eigenvalue weighted by Crippen LogP contribution is -2.27. The Morgan fingerprint density at radius 3 is 2.37 bits per heavy atom. The number of hydrogen-bond acceptors (Lipinski definition) is 5. The number of phenolic OH excluding ortho intramolecular Hbond substituents is 2. The predicted octanol–water partition coefficient (Wildman–Crippen LogP) is 4.74. The van der Waals surface area contributed by atoms with Gasteiger partial charge in [-0.1, -0.05) is 23.7 Å². The molecule has 136 valence electrons. The molecule has 0 fully saturated rings. The van der Waals surface area contributed by atoms with Crippen molar-refractivity contribution in [2.75, 3.05) is 12.0 Å². The van der Waals surface area contributed by atoms with Crippen LogP contribution in [0.2, 0.25) is 5.02 Å². The maximum atomic E-state index is 9.75. The summed E-state index contributed by atoms with van der Waals surface area (Å²) in [6.07, 6.45) is 0. The molecule has 3 N–H and O–H groups in total. The van der Waals surface area contributed by atoms with Gasteiger partial charge in [0.15, 0.2) is 0 Å². The van der Waals surface area contributed by atoms with Crippen LogP contribution in [0.15, 0.2) is 71.8 Å². The van der Waals surface area contributed by atoms with Gasteiger partial charge in [0, 0.05) is 16.7 Å². The van der Waals surface area contributed by atoms with E-state index in [1.54, 1.807) is 42.5 Å². The van der Waals surface area contributed by atoms with Crippen molar-refractivity contribution < 1.29 is 14.9 Å². The van der Waals surface area contributed by atoms with Gasteiger partial charge in [0.05, 0.1) is 17.3 Å². The number of benzene rings is 3. The molecule has 6 heteroatoms. The predicted molar refractivity (Wildman–Crippen MR) is 106 cm³/mol. The van der Waals surface area contributed by atoms with Gasteiger partial charge in [-0.05, 0) is 54.1 Å². The van der Waals surface area contributed by atoms with Gasteiger partial charge in [0.1, 0.15) is 23.9 Å². The lowest BCUT2D eigenvalue weighted by Gasteiger charge is -2.27.